The smallest absolute Gasteiger partial charge is 0.416 e. The lowest BCUT2D eigenvalue weighted by Crippen LogP contribution is -2.14. The minimum absolute atomic E-state index is 0.0477. The second kappa shape index (κ2) is 8.76. The van der Waals surface area contributed by atoms with E-state index >= 15 is 0 Å². The summed E-state index contributed by atoms with van der Waals surface area (Å²) in [6, 6.07) is 7.84. The van der Waals surface area contributed by atoms with Crippen molar-refractivity contribution in [2.75, 3.05) is 4.72 Å². The van der Waals surface area contributed by atoms with Crippen molar-refractivity contribution in [2.45, 2.75) is 18.0 Å². The van der Waals surface area contributed by atoms with Crippen LogP contribution in [0.4, 0.5) is 27.6 Å². The molecule has 0 unspecified atom stereocenters. The van der Waals surface area contributed by atoms with E-state index in [-0.39, 0.29) is 32.8 Å². The molecule has 0 aliphatic carbocycles. The normalized spacial score (nSPS) is 12.0. The Labute approximate surface area is 189 Å². The second-order valence-electron chi connectivity index (χ2n) is 6.55. The van der Waals surface area contributed by atoms with E-state index in [2.05, 4.69) is 4.72 Å². The van der Waals surface area contributed by atoms with E-state index in [1.807, 2.05) is 0 Å². The highest BCUT2D eigenvalue weighted by atomic mass is 35.5. The highest BCUT2D eigenvalue weighted by molar-refractivity contribution is 7.92. The first-order valence-electron chi connectivity index (χ1n) is 8.60. The first kappa shape index (κ1) is 24.1. The molecule has 0 aromatic heterocycles. The molecule has 0 radical (unpaired) electrons. The molecule has 12 heteroatoms. The molecular formula is C20H12Cl2F5NO3S. The van der Waals surface area contributed by atoms with Crippen molar-refractivity contribution < 1.29 is 35.1 Å². The summed E-state index contributed by atoms with van der Waals surface area (Å²) in [6.07, 6.45) is -4.99. The van der Waals surface area contributed by atoms with E-state index in [0.717, 1.165) is 17.7 Å². The molecule has 0 fully saturated rings. The molecular weight excluding hydrogens is 500 g/mol. The lowest BCUT2D eigenvalue weighted by molar-refractivity contribution is -0.138. The number of alkyl halides is 3. The van der Waals surface area contributed by atoms with Crippen molar-refractivity contribution in [2.24, 2.45) is 0 Å². The number of ether oxygens (including phenoxy) is 1. The Bertz CT molecular complexity index is 1260. The van der Waals surface area contributed by atoms with Crippen molar-refractivity contribution in [3.8, 4) is 11.5 Å². The van der Waals surface area contributed by atoms with Gasteiger partial charge in [-0.2, -0.15) is 13.2 Å². The monoisotopic (exact) mass is 511 g/mol. The minimum Gasteiger partial charge on any atom is -0.449 e. The van der Waals surface area contributed by atoms with Crippen LogP contribution in [0.2, 0.25) is 10.0 Å². The molecule has 0 aliphatic heterocycles. The molecule has 3 aromatic rings. The highest BCUT2D eigenvalue weighted by Crippen LogP contribution is 2.41. The van der Waals surface area contributed by atoms with Crippen LogP contribution < -0.4 is 9.46 Å². The molecule has 0 spiro atoms. The Balaban J connectivity index is 2.04. The molecule has 0 atom stereocenters. The third kappa shape index (κ3) is 5.25. The maximum absolute atomic E-state index is 14.2. The van der Waals surface area contributed by atoms with Gasteiger partial charge >= 0.3 is 6.18 Å². The van der Waals surface area contributed by atoms with Crippen LogP contribution in [0, 0.1) is 18.6 Å². The summed E-state index contributed by atoms with van der Waals surface area (Å²) in [7, 11) is -4.19. The fraction of sp³-hybridized carbons (Fsp3) is 0.100. The summed E-state index contributed by atoms with van der Waals surface area (Å²) in [5.74, 6) is -4.99. The van der Waals surface area contributed by atoms with Crippen LogP contribution in [0.15, 0.2) is 53.4 Å². The molecule has 0 saturated heterocycles. The van der Waals surface area contributed by atoms with Gasteiger partial charge in [-0.05, 0) is 37.3 Å². The lowest BCUT2D eigenvalue weighted by atomic mass is 10.2. The summed E-state index contributed by atoms with van der Waals surface area (Å²) in [5, 5.41) is -0.276. The van der Waals surface area contributed by atoms with E-state index in [4.69, 9.17) is 27.9 Å². The van der Waals surface area contributed by atoms with Gasteiger partial charge < -0.3 is 4.74 Å². The zero-order chi connectivity index (χ0) is 23.8. The summed E-state index contributed by atoms with van der Waals surface area (Å²) in [4.78, 5) is -0.132. The number of sulfonamides is 1. The molecule has 3 rings (SSSR count). The Morgan fingerprint density at radius 2 is 1.44 bits per heavy atom. The Morgan fingerprint density at radius 1 is 0.906 bits per heavy atom. The number of hydrogen-bond donors (Lipinski definition) is 1. The largest absolute Gasteiger partial charge is 0.449 e. The Hall–Kier alpha value is -2.56. The molecule has 0 heterocycles. The molecule has 4 nitrogen and oxygen atoms in total. The van der Waals surface area contributed by atoms with Crippen LogP contribution in [-0.4, -0.2) is 8.42 Å². The van der Waals surface area contributed by atoms with E-state index in [0.29, 0.717) is 0 Å². The molecule has 0 amide bonds. The van der Waals surface area contributed by atoms with Gasteiger partial charge in [-0.15, -0.1) is 0 Å². The number of benzene rings is 3. The summed E-state index contributed by atoms with van der Waals surface area (Å²) in [6.45, 7) is 1.75. The van der Waals surface area contributed by atoms with Crippen LogP contribution in [-0.2, 0) is 16.2 Å². The first-order chi connectivity index (χ1) is 14.8. The van der Waals surface area contributed by atoms with Gasteiger partial charge in [-0.3, -0.25) is 4.72 Å². The molecule has 0 aliphatic rings. The summed E-state index contributed by atoms with van der Waals surface area (Å²) >= 11 is 11.8. The highest BCUT2D eigenvalue weighted by Gasteiger charge is 2.33. The van der Waals surface area contributed by atoms with Gasteiger partial charge in [0.15, 0.2) is 23.1 Å². The van der Waals surface area contributed by atoms with Gasteiger partial charge in [0.25, 0.3) is 10.0 Å². The topological polar surface area (TPSA) is 55.4 Å². The first-order valence-corrected chi connectivity index (χ1v) is 10.8. The lowest BCUT2D eigenvalue weighted by Gasteiger charge is -2.16. The fourth-order valence-electron chi connectivity index (χ4n) is 2.54. The molecule has 32 heavy (non-hydrogen) atoms. The van der Waals surface area contributed by atoms with E-state index in [9.17, 15) is 30.4 Å². The summed E-state index contributed by atoms with van der Waals surface area (Å²) in [5.41, 5.74) is -1.11. The average molecular weight is 512 g/mol. The van der Waals surface area contributed by atoms with Crippen molar-refractivity contribution >= 4 is 38.9 Å². The zero-order valence-electron chi connectivity index (χ0n) is 15.9. The van der Waals surface area contributed by atoms with Gasteiger partial charge in [0.2, 0.25) is 0 Å². The molecule has 1 N–H and O–H groups in total. The maximum Gasteiger partial charge on any atom is 0.416 e. The SMILES string of the molecule is Cc1ccc(S(=O)(=O)Nc2cc(Cl)c(Cl)cc2Oc2c(F)cc(C(F)(F)F)cc2F)cc1. The van der Waals surface area contributed by atoms with Gasteiger partial charge in [0.05, 0.1) is 26.2 Å². The predicted octanol–water partition coefficient (Wildman–Crippen LogP) is 7.19. The molecule has 0 saturated carbocycles. The average Bonchev–Trinajstić information content (AvgIpc) is 2.67. The number of halogens is 7. The number of rotatable bonds is 5. The van der Waals surface area contributed by atoms with Gasteiger partial charge in [0, 0.05) is 6.07 Å². The van der Waals surface area contributed by atoms with Crippen molar-refractivity contribution in [1.29, 1.82) is 0 Å². The van der Waals surface area contributed by atoms with Crippen LogP contribution in [0.25, 0.3) is 0 Å². The standard InChI is InChI=1S/C20H12Cl2F5NO3S/c1-10-2-4-12(5-3-10)32(29,30)28-17-8-13(21)14(22)9-18(17)31-19-15(23)6-11(7-16(19)24)20(25,26)27/h2-9,28H,1H3. The fourth-order valence-corrected chi connectivity index (χ4v) is 3.92. The van der Waals surface area contributed by atoms with Crippen LogP contribution >= 0.6 is 23.2 Å². The number of hydrogen-bond acceptors (Lipinski definition) is 3. The van der Waals surface area contributed by atoms with E-state index in [1.165, 1.54) is 12.1 Å². The summed E-state index contributed by atoms with van der Waals surface area (Å²) < 4.78 is 99.3. The predicted molar refractivity (Wildman–Crippen MR) is 110 cm³/mol. The Morgan fingerprint density at radius 3 is 1.97 bits per heavy atom. The van der Waals surface area contributed by atoms with E-state index < -0.39 is 44.9 Å². The molecule has 170 valence electrons. The van der Waals surface area contributed by atoms with Gasteiger partial charge in [0.1, 0.15) is 0 Å². The van der Waals surface area contributed by atoms with Gasteiger partial charge in [-0.1, -0.05) is 40.9 Å². The molecule has 0 bridgehead atoms. The van der Waals surface area contributed by atoms with Crippen LogP contribution in [0.5, 0.6) is 11.5 Å². The van der Waals surface area contributed by atoms with Crippen molar-refractivity contribution in [1.82, 2.24) is 0 Å². The number of aryl methyl sites for hydroxylation is 1. The number of anilines is 1. The van der Waals surface area contributed by atoms with Gasteiger partial charge in [-0.25, -0.2) is 17.2 Å². The van der Waals surface area contributed by atoms with E-state index in [1.54, 1.807) is 19.1 Å². The van der Waals surface area contributed by atoms with Crippen LogP contribution in [0.1, 0.15) is 11.1 Å². The minimum atomic E-state index is -4.99. The van der Waals surface area contributed by atoms with Crippen molar-refractivity contribution in [3.63, 3.8) is 0 Å². The maximum atomic E-state index is 14.2. The third-order valence-corrected chi connectivity index (χ3v) is 6.24. The third-order valence-electron chi connectivity index (χ3n) is 4.14. The quantitative estimate of drug-likeness (QED) is 0.368. The second-order valence-corrected chi connectivity index (χ2v) is 9.05. The van der Waals surface area contributed by atoms with Crippen LogP contribution in [0.3, 0.4) is 0 Å². The Kier molecular flexibility index (Phi) is 6.60. The number of nitrogens with one attached hydrogen (secondary N) is 1. The zero-order valence-corrected chi connectivity index (χ0v) is 18.2. The van der Waals surface area contributed by atoms with Crippen molar-refractivity contribution in [3.05, 3.63) is 81.3 Å². The molecule has 3 aromatic carbocycles.